The maximum atomic E-state index is 13.8. The largest absolute Gasteiger partial charge is 0.397 e. The summed E-state index contributed by atoms with van der Waals surface area (Å²) in [4.78, 5) is 12.6. The molecule has 0 fully saturated rings. The first-order chi connectivity index (χ1) is 10.1. The molecule has 1 heterocycles. The molecule has 1 aromatic heterocycles. The molecule has 2 aromatic carbocycles. The molecule has 3 aromatic rings. The molecule has 0 radical (unpaired) electrons. The van der Waals surface area contributed by atoms with E-state index < -0.39 is 5.82 Å². The quantitative estimate of drug-likeness (QED) is 0.610. The molecule has 6 heteroatoms. The van der Waals surface area contributed by atoms with Crippen molar-refractivity contribution in [2.45, 2.75) is 0 Å². The lowest BCUT2D eigenvalue weighted by Crippen LogP contribution is -2.12. The van der Waals surface area contributed by atoms with Crippen LogP contribution in [-0.2, 0) is 0 Å². The van der Waals surface area contributed by atoms with Crippen LogP contribution in [0.1, 0.15) is 9.67 Å². The van der Waals surface area contributed by atoms with Crippen LogP contribution in [0.5, 0.6) is 0 Å². The first-order valence-electron chi connectivity index (χ1n) is 6.09. The van der Waals surface area contributed by atoms with Crippen LogP contribution in [0, 0.1) is 9.39 Å². The Kier molecular flexibility index (Phi) is 3.81. The highest BCUT2D eigenvalue weighted by Gasteiger charge is 2.18. The number of nitrogens with two attached hydrogens (primary N) is 1. The van der Waals surface area contributed by atoms with E-state index in [1.54, 1.807) is 18.2 Å². The first kappa shape index (κ1) is 14.3. The fourth-order valence-electron chi connectivity index (χ4n) is 2.05. The van der Waals surface area contributed by atoms with Crippen molar-refractivity contribution in [3.05, 3.63) is 56.7 Å². The third-order valence-corrected chi connectivity index (χ3v) is 4.83. The van der Waals surface area contributed by atoms with E-state index in [1.807, 2.05) is 18.2 Å². The monoisotopic (exact) mass is 412 g/mol. The SMILES string of the molecule is Nc1c(C(=O)Nc2cccc(I)c2)sc2cccc(F)c12. The summed E-state index contributed by atoms with van der Waals surface area (Å²) in [5.41, 5.74) is 6.81. The highest BCUT2D eigenvalue weighted by molar-refractivity contribution is 14.1. The number of amides is 1. The van der Waals surface area contributed by atoms with Crippen molar-refractivity contribution < 1.29 is 9.18 Å². The zero-order chi connectivity index (χ0) is 15.0. The minimum Gasteiger partial charge on any atom is -0.397 e. The summed E-state index contributed by atoms with van der Waals surface area (Å²) >= 11 is 3.36. The van der Waals surface area contributed by atoms with Crippen LogP contribution in [0.3, 0.4) is 0 Å². The molecular weight excluding hydrogens is 402 g/mol. The second-order valence-corrected chi connectivity index (χ2v) is 6.72. The Bertz CT molecular complexity index is 847. The Morgan fingerprint density at radius 3 is 2.71 bits per heavy atom. The summed E-state index contributed by atoms with van der Waals surface area (Å²) in [7, 11) is 0. The summed E-state index contributed by atoms with van der Waals surface area (Å²) in [5, 5.41) is 3.10. The normalized spacial score (nSPS) is 10.8. The van der Waals surface area contributed by atoms with Gasteiger partial charge in [-0.3, -0.25) is 4.79 Å². The van der Waals surface area contributed by atoms with E-state index in [-0.39, 0.29) is 11.6 Å². The molecule has 0 aliphatic rings. The number of nitrogens with one attached hydrogen (secondary N) is 1. The van der Waals surface area contributed by atoms with Crippen molar-refractivity contribution in [3.63, 3.8) is 0 Å². The van der Waals surface area contributed by atoms with Gasteiger partial charge in [0, 0.05) is 14.0 Å². The van der Waals surface area contributed by atoms with Gasteiger partial charge in [0.1, 0.15) is 10.7 Å². The molecule has 0 atom stereocenters. The number of halogens is 2. The van der Waals surface area contributed by atoms with Gasteiger partial charge in [0.05, 0.1) is 11.1 Å². The van der Waals surface area contributed by atoms with Gasteiger partial charge in [-0.1, -0.05) is 12.1 Å². The molecule has 0 saturated carbocycles. The highest BCUT2D eigenvalue weighted by Crippen LogP contribution is 2.35. The van der Waals surface area contributed by atoms with E-state index in [9.17, 15) is 9.18 Å². The molecule has 3 N–H and O–H groups in total. The van der Waals surface area contributed by atoms with Crippen molar-refractivity contribution in [2.75, 3.05) is 11.1 Å². The fourth-order valence-corrected chi connectivity index (χ4v) is 3.63. The van der Waals surface area contributed by atoms with Crippen LogP contribution < -0.4 is 11.1 Å². The van der Waals surface area contributed by atoms with Crippen LogP contribution in [0.4, 0.5) is 15.8 Å². The molecule has 0 aliphatic carbocycles. The number of rotatable bonds is 2. The minimum absolute atomic E-state index is 0.191. The van der Waals surface area contributed by atoms with Gasteiger partial charge in [0.2, 0.25) is 0 Å². The van der Waals surface area contributed by atoms with E-state index in [4.69, 9.17) is 5.73 Å². The lowest BCUT2D eigenvalue weighted by molar-refractivity contribution is 0.103. The topological polar surface area (TPSA) is 55.1 Å². The van der Waals surface area contributed by atoms with Gasteiger partial charge in [-0.25, -0.2) is 4.39 Å². The molecule has 0 spiro atoms. The Balaban J connectivity index is 1.99. The van der Waals surface area contributed by atoms with Gasteiger partial charge < -0.3 is 11.1 Å². The van der Waals surface area contributed by atoms with E-state index in [2.05, 4.69) is 27.9 Å². The molecule has 106 valence electrons. The third-order valence-electron chi connectivity index (χ3n) is 2.99. The number of fused-ring (bicyclic) bond motifs is 1. The van der Waals surface area contributed by atoms with Gasteiger partial charge in [-0.05, 0) is 52.9 Å². The number of carbonyl (C=O) groups excluding carboxylic acids is 1. The lowest BCUT2D eigenvalue weighted by atomic mass is 10.2. The van der Waals surface area contributed by atoms with Gasteiger partial charge in [0.15, 0.2) is 0 Å². The predicted octanol–water partition coefficient (Wildman–Crippen LogP) is 4.48. The highest BCUT2D eigenvalue weighted by atomic mass is 127. The smallest absolute Gasteiger partial charge is 0.267 e. The Morgan fingerprint density at radius 1 is 1.24 bits per heavy atom. The maximum Gasteiger partial charge on any atom is 0.267 e. The third kappa shape index (κ3) is 2.73. The summed E-state index contributed by atoms with van der Waals surface area (Å²) in [6, 6.07) is 12.1. The molecular formula is C15H10FIN2OS. The van der Waals surface area contributed by atoms with Crippen LogP contribution in [0.25, 0.3) is 10.1 Å². The first-order valence-corrected chi connectivity index (χ1v) is 7.99. The Labute approximate surface area is 138 Å². The van der Waals surface area contributed by atoms with E-state index in [0.29, 0.717) is 20.7 Å². The van der Waals surface area contributed by atoms with Gasteiger partial charge in [0.25, 0.3) is 5.91 Å². The van der Waals surface area contributed by atoms with Crippen LogP contribution >= 0.6 is 33.9 Å². The van der Waals surface area contributed by atoms with Crippen molar-refractivity contribution in [1.29, 1.82) is 0 Å². The second-order valence-electron chi connectivity index (χ2n) is 4.42. The Hall–Kier alpha value is -1.67. The number of carbonyl (C=O) groups is 1. The average molecular weight is 412 g/mol. The van der Waals surface area contributed by atoms with E-state index in [0.717, 1.165) is 3.57 Å². The zero-order valence-corrected chi connectivity index (χ0v) is 13.7. The van der Waals surface area contributed by atoms with Gasteiger partial charge in [-0.15, -0.1) is 11.3 Å². The molecule has 0 bridgehead atoms. The Morgan fingerprint density at radius 2 is 2.00 bits per heavy atom. The molecule has 0 aliphatic heterocycles. The van der Waals surface area contributed by atoms with Crippen molar-refractivity contribution >= 4 is 61.3 Å². The molecule has 0 unspecified atom stereocenters. The predicted molar refractivity (Wildman–Crippen MR) is 93.3 cm³/mol. The maximum absolute atomic E-state index is 13.8. The van der Waals surface area contributed by atoms with Crippen LogP contribution in [0.15, 0.2) is 42.5 Å². The molecule has 3 rings (SSSR count). The lowest BCUT2D eigenvalue weighted by Gasteiger charge is -2.04. The van der Waals surface area contributed by atoms with E-state index in [1.165, 1.54) is 17.4 Å². The van der Waals surface area contributed by atoms with Crippen LogP contribution in [-0.4, -0.2) is 5.91 Å². The summed E-state index contributed by atoms with van der Waals surface area (Å²) in [5.74, 6) is -0.732. The molecule has 1 amide bonds. The zero-order valence-electron chi connectivity index (χ0n) is 10.7. The van der Waals surface area contributed by atoms with Gasteiger partial charge in [-0.2, -0.15) is 0 Å². The number of thiophene rings is 1. The number of nitrogen functional groups attached to an aromatic ring is 1. The standard InChI is InChI=1S/C15H10FIN2OS/c16-10-5-2-6-11-12(10)13(18)14(21-11)15(20)19-9-4-1-3-8(17)7-9/h1-7H,18H2,(H,19,20). The molecule has 3 nitrogen and oxygen atoms in total. The van der Waals surface area contributed by atoms with Crippen molar-refractivity contribution in [1.82, 2.24) is 0 Å². The molecule has 0 saturated heterocycles. The van der Waals surface area contributed by atoms with Crippen LogP contribution in [0.2, 0.25) is 0 Å². The minimum atomic E-state index is -0.408. The number of hydrogen-bond acceptors (Lipinski definition) is 3. The number of hydrogen-bond donors (Lipinski definition) is 2. The fraction of sp³-hybridized carbons (Fsp3) is 0. The average Bonchev–Trinajstić information content (AvgIpc) is 2.77. The van der Waals surface area contributed by atoms with Gasteiger partial charge >= 0.3 is 0 Å². The summed E-state index contributed by atoms with van der Waals surface area (Å²) in [6.45, 7) is 0. The van der Waals surface area contributed by atoms with Crippen molar-refractivity contribution in [2.24, 2.45) is 0 Å². The van der Waals surface area contributed by atoms with Crippen molar-refractivity contribution in [3.8, 4) is 0 Å². The second kappa shape index (κ2) is 5.61. The number of benzene rings is 2. The number of anilines is 2. The molecule has 21 heavy (non-hydrogen) atoms. The summed E-state index contributed by atoms with van der Waals surface area (Å²) < 4.78 is 15.5. The summed E-state index contributed by atoms with van der Waals surface area (Å²) in [6.07, 6.45) is 0. The van der Waals surface area contributed by atoms with E-state index >= 15 is 0 Å².